The van der Waals surface area contributed by atoms with Crippen molar-refractivity contribution in [1.29, 1.82) is 0 Å². The van der Waals surface area contributed by atoms with E-state index in [1.54, 1.807) is 0 Å². The fraction of sp³-hybridized carbons (Fsp3) is 0.182. The minimum atomic E-state index is -0.0322. The van der Waals surface area contributed by atoms with Crippen molar-refractivity contribution in [2.45, 2.75) is 77.6 Å². The third-order valence-electron chi connectivity index (χ3n) is 15.4. The Balaban J connectivity index is 0.00000530. The molecule has 3 heterocycles. The number of hydrogen-bond acceptors (Lipinski definition) is 2. The summed E-state index contributed by atoms with van der Waals surface area (Å²) in [5.74, 6) is 2.02. The van der Waals surface area contributed by atoms with Crippen LogP contribution in [-0.2, 0) is 37.3 Å². The second-order valence-electron chi connectivity index (χ2n) is 21.9. The molecule has 0 atom stereocenters. The van der Waals surface area contributed by atoms with E-state index in [0.29, 0.717) is 11.5 Å². The molecule has 0 saturated heterocycles. The van der Waals surface area contributed by atoms with Gasteiger partial charge in [-0.3, -0.25) is 4.57 Å². The van der Waals surface area contributed by atoms with Crippen LogP contribution < -0.4 is 9.30 Å². The Kier molecular flexibility index (Phi) is 10.7. The van der Waals surface area contributed by atoms with Gasteiger partial charge < -0.3 is 13.9 Å². The molecule has 8 aromatic carbocycles. The summed E-state index contributed by atoms with van der Waals surface area (Å²) in [5.41, 5.74) is 19.9. The summed E-state index contributed by atoms with van der Waals surface area (Å²) in [6, 6.07) is 68.6. The number of nitrogens with zero attached hydrogens (tertiary/aromatic N) is 4. The molecule has 356 valence electrons. The fourth-order valence-corrected chi connectivity index (χ4v) is 11.5. The van der Waals surface area contributed by atoms with Gasteiger partial charge in [-0.05, 0) is 126 Å². The van der Waals surface area contributed by atoms with E-state index in [1.165, 1.54) is 61.2 Å². The van der Waals surface area contributed by atoms with Crippen LogP contribution in [0.15, 0.2) is 176 Å². The van der Waals surface area contributed by atoms with Crippen LogP contribution in [0.25, 0.3) is 94.5 Å². The van der Waals surface area contributed by atoms with Gasteiger partial charge in [0.2, 0.25) is 0 Å². The predicted octanol–water partition coefficient (Wildman–Crippen LogP) is 16.2. The van der Waals surface area contributed by atoms with Crippen molar-refractivity contribution in [3.05, 3.63) is 211 Å². The van der Waals surface area contributed by atoms with E-state index < -0.39 is 0 Å². The smallest absolute Gasteiger partial charge is 0.268 e. The minimum Gasteiger partial charge on any atom is -0.510 e. The minimum absolute atomic E-state index is 0. The van der Waals surface area contributed by atoms with Crippen molar-refractivity contribution >= 4 is 32.8 Å². The molecule has 13 rings (SSSR count). The Morgan fingerprint density at radius 3 is 1.88 bits per heavy atom. The molecule has 0 fully saturated rings. The van der Waals surface area contributed by atoms with Crippen LogP contribution in [0, 0.1) is 18.5 Å². The van der Waals surface area contributed by atoms with Crippen molar-refractivity contribution in [2.75, 3.05) is 0 Å². The first-order valence-corrected chi connectivity index (χ1v) is 24.9. The number of imidazole rings is 1. The zero-order valence-electron chi connectivity index (χ0n) is 41.7. The Morgan fingerprint density at radius 1 is 0.556 bits per heavy atom. The van der Waals surface area contributed by atoms with Gasteiger partial charge in [-0.2, -0.15) is 18.2 Å². The Bertz CT molecular complexity index is 3980. The summed E-state index contributed by atoms with van der Waals surface area (Å²) in [6.45, 7) is 16.4. The molecule has 0 radical (unpaired) electrons. The number of aromatic nitrogens is 4. The molecule has 5 nitrogen and oxygen atoms in total. The summed E-state index contributed by atoms with van der Waals surface area (Å²) in [5, 5.41) is 2.23. The molecule has 0 spiro atoms. The maximum atomic E-state index is 6.72. The maximum absolute atomic E-state index is 6.72. The molecule has 0 amide bonds. The van der Waals surface area contributed by atoms with E-state index in [-0.39, 0.29) is 37.3 Å². The summed E-state index contributed by atoms with van der Waals surface area (Å²) < 4.78 is 13.3. The van der Waals surface area contributed by atoms with Gasteiger partial charge in [0, 0.05) is 49.8 Å². The quantitative estimate of drug-likeness (QED) is 0.127. The molecule has 0 N–H and O–H groups in total. The average molecular weight is 1110 g/mol. The predicted molar refractivity (Wildman–Crippen MR) is 289 cm³/mol. The molecule has 2 aliphatic rings. The number of rotatable bonds is 5. The second-order valence-corrected chi connectivity index (χ2v) is 21.9. The summed E-state index contributed by atoms with van der Waals surface area (Å²) in [6.07, 6.45) is 8.06. The molecule has 0 saturated carbocycles. The van der Waals surface area contributed by atoms with Crippen LogP contribution in [-0.4, -0.2) is 14.1 Å². The summed E-state index contributed by atoms with van der Waals surface area (Å²) >= 11 is 0. The standard InChI is InChI=1S/C66H54N4O.Pt/c1-64(2,3)42-32-35-67-62(36-42)70-57-26-13-12-24-50(57)51-31-30-45(38-61(51)70)71-44-19-16-18-43(37-44)68-41-69(59-28-15-14-27-58(59)68)60-29-17-25-52-48-22-10-8-20-46(48)47-21-9-11-23-49(47)53-39-55-56(40-54(53)63(52)60)66(6,7)34-33-65(55,4)5;/h8-32,35-36,39-40H,33-34H2,1-7H3;/q-2;. The topological polar surface area (TPSA) is 35.9 Å². The van der Waals surface area contributed by atoms with E-state index in [2.05, 4.69) is 232 Å². The van der Waals surface area contributed by atoms with Crippen molar-refractivity contribution in [1.82, 2.24) is 14.1 Å². The molecule has 3 aromatic heterocycles. The molecule has 0 unspecified atom stereocenters. The zero-order valence-corrected chi connectivity index (χ0v) is 43.9. The van der Waals surface area contributed by atoms with E-state index in [1.807, 2.05) is 24.4 Å². The molecule has 0 bridgehead atoms. The SMILES string of the molecule is CC(C)(C)c1ccnc(-n2c3[c-]c(Oc4[c-]c(-n5[c-][n+](-c6cccc7c6-c6cc8c(cc6-c6ccccc6-c6ccccc6-7)C(C)(C)CCC8(C)C)c6ccccc65)ccc4)ccc3c3ccccc32)c1.[Pt]. The number of ether oxygens (including phenoxy) is 1. The van der Waals surface area contributed by atoms with E-state index in [4.69, 9.17) is 9.72 Å². The first-order valence-electron chi connectivity index (χ1n) is 24.9. The Hall–Kier alpha value is -7.33. The van der Waals surface area contributed by atoms with Gasteiger partial charge in [0.05, 0.1) is 16.7 Å². The molecule has 0 aliphatic heterocycles. The van der Waals surface area contributed by atoms with Crippen LogP contribution in [0.2, 0.25) is 0 Å². The van der Waals surface area contributed by atoms with E-state index in [0.717, 1.165) is 62.9 Å². The van der Waals surface area contributed by atoms with Crippen LogP contribution in [0.1, 0.15) is 78.0 Å². The molecule has 11 aromatic rings. The van der Waals surface area contributed by atoms with Crippen LogP contribution in [0.3, 0.4) is 0 Å². The first kappa shape index (κ1) is 45.8. The van der Waals surface area contributed by atoms with Crippen LogP contribution in [0.5, 0.6) is 11.5 Å². The van der Waals surface area contributed by atoms with Crippen molar-refractivity contribution in [2.24, 2.45) is 0 Å². The monoisotopic (exact) mass is 1110 g/mol. The van der Waals surface area contributed by atoms with E-state index in [9.17, 15) is 0 Å². The van der Waals surface area contributed by atoms with Crippen molar-refractivity contribution in [3.63, 3.8) is 0 Å². The van der Waals surface area contributed by atoms with Gasteiger partial charge in [0.15, 0.2) is 0 Å². The molecule has 72 heavy (non-hydrogen) atoms. The first-order chi connectivity index (χ1) is 34.3. The van der Waals surface area contributed by atoms with E-state index >= 15 is 0 Å². The van der Waals surface area contributed by atoms with Gasteiger partial charge in [-0.1, -0.05) is 163 Å². The number of fused-ring (bicyclic) bond motifs is 13. The van der Waals surface area contributed by atoms with Crippen LogP contribution in [0.4, 0.5) is 0 Å². The normalized spacial score (nSPS) is 14.3. The number of para-hydroxylation sites is 3. The van der Waals surface area contributed by atoms with Gasteiger partial charge in [0.25, 0.3) is 6.33 Å². The fourth-order valence-electron chi connectivity index (χ4n) is 11.5. The Labute approximate surface area is 436 Å². The number of hydrogen-bond donors (Lipinski definition) is 0. The second kappa shape index (κ2) is 16.9. The van der Waals surface area contributed by atoms with Gasteiger partial charge in [-0.25, -0.2) is 4.98 Å². The maximum Gasteiger partial charge on any atom is 0.268 e. The largest absolute Gasteiger partial charge is 0.510 e. The van der Waals surface area contributed by atoms with Crippen molar-refractivity contribution in [3.8, 4) is 73.2 Å². The zero-order chi connectivity index (χ0) is 48.4. The molecular formula is C66H54N4OPt-2. The molecule has 6 heteroatoms. The van der Waals surface area contributed by atoms with Crippen molar-refractivity contribution < 1.29 is 30.4 Å². The van der Waals surface area contributed by atoms with Gasteiger partial charge in [-0.15, -0.1) is 29.7 Å². The summed E-state index contributed by atoms with van der Waals surface area (Å²) in [4.78, 5) is 4.88. The third kappa shape index (κ3) is 7.30. The third-order valence-corrected chi connectivity index (χ3v) is 15.4. The van der Waals surface area contributed by atoms with Gasteiger partial charge >= 0.3 is 0 Å². The Morgan fingerprint density at radius 2 is 1.15 bits per heavy atom. The summed E-state index contributed by atoms with van der Waals surface area (Å²) in [7, 11) is 0. The van der Waals surface area contributed by atoms with Crippen LogP contribution >= 0.6 is 0 Å². The molecule has 2 aliphatic carbocycles. The number of benzene rings is 8. The van der Waals surface area contributed by atoms with Gasteiger partial charge in [0.1, 0.15) is 5.82 Å². The molecular weight excluding hydrogens is 1060 g/mol. The average Bonchev–Trinajstić information content (AvgIpc) is 3.93. The number of pyridine rings is 1.